The first kappa shape index (κ1) is 17.2. The second-order valence-corrected chi connectivity index (χ2v) is 5.14. The number of carbonyl (C=O) groups is 2. The van der Waals surface area contributed by atoms with E-state index in [1.807, 2.05) is 0 Å². The highest BCUT2D eigenvalue weighted by atomic mass is 32.2. The van der Waals surface area contributed by atoms with Gasteiger partial charge in [-0.15, -0.1) is 0 Å². The third-order valence-electron chi connectivity index (χ3n) is 2.38. The first-order valence-corrected chi connectivity index (χ1v) is 7.30. The SMILES string of the molecule is NC(=O)CSCCC(=O)NCc1ccccc1OC(F)F. The van der Waals surface area contributed by atoms with Crippen molar-refractivity contribution in [2.75, 3.05) is 11.5 Å². The van der Waals surface area contributed by atoms with E-state index in [9.17, 15) is 18.4 Å². The minimum Gasteiger partial charge on any atom is -0.434 e. The zero-order valence-electron chi connectivity index (χ0n) is 11.2. The van der Waals surface area contributed by atoms with Gasteiger partial charge in [0.05, 0.1) is 5.75 Å². The highest BCUT2D eigenvalue weighted by molar-refractivity contribution is 7.99. The molecule has 21 heavy (non-hydrogen) atoms. The average Bonchev–Trinajstić information content (AvgIpc) is 2.42. The summed E-state index contributed by atoms with van der Waals surface area (Å²) in [5, 5.41) is 2.61. The molecular formula is C13H16F2N2O3S. The summed E-state index contributed by atoms with van der Waals surface area (Å²) in [6, 6.07) is 6.25. The standard InChI is InChI=1S/C13H16F2N2O3S/c14-13(15)20-10-4-2-1-3-9(10)7-17-12(19)5-6-21-8-11(16)18/h1-4,13H,5-8H2,(H2,16,18)(H,17,19). The van der Waals surface area contributed by atoms with Crippen molar-refractivity contribution < 1.29 is 23.1 Å². The minimum absolute atomic E-state index is 0.0379. The number of amides is 2. The van der Waals surface area contributed by atoms with Crippen LogP contribution in [-0.4, -0.2) is 29.9 Å². The highest BCUT2D eigenvalue weighted by Gasteiger charge is 2.10. The molecule has 0 unspecified atom stereocenters. The number of halogens is 2. The molecule has 0 atom stereocenters. The summed E-state index contributed by atoms with van der Waals surface area (Å²) in [5.41, 5.74) is 5.43. The molecule has 1 aromatic carbocycles. The number of thioether (sulfide) groups is 1. The van der Waals surface area contributed by atoms with Crippen LogP contribution < -0.4 is 15.8 Å². The van der Waals surface area contributed by atoms with Crippen molar-refractivity contribution in [3.63, 3.8) is 0 Å². The van der Waals surface area contributed by atoms with Crippen molar-refractivity contribution in [2.45, 2.75) is 19.6 Å². The molecule has 0 aliphatic carbocycles. The zero-order valence-corrected chi connectivity index (χ0v) is 12.0. The van der Waals surface area contributed by atoms with Gasteiger partial charge in [-0.3, -0.25) is 9.59 Å². The van der Waals surface area contributed by atoms with Gasteiger partial charge in [-0.1, -0.05) is 18.2 Å². The first-order valence-electron chi connectivity index (χ1n) is 6.14. The maximum Gasteiger partial charge on any atom is 0.387 e. The summed E-state index contributed by atoms with van der Waals surface area (Å²) in [5.74, 6) is -0.00401. The number of hydrogen-bond acceptors (Lipinski definition) is 4. The van der Waals surface area contributed by atoms with Crippen LogP contribution in [-0.2, 0) is 16.1 Å². The molecule has 1 rings (SSSR count). The van der Waals surface area contributed by atoms with E-state index in [2.05, 4.69) is 10.1 Å². The van der Waals surface area contributed by atoms with Gasteiger partial charge in [0, 0.05) is 24.3 Å². The van der Waals surface area contributed by atoms with E-state index in [0.29, 0.717) is 11.3 Å². The Balaban J connectivity index is 2.37. The van der Waals surface area contributed by atoms with E-state index < -0.39 is 12.5 Å². The molecule has 5 nitrogen and oxygen atoms in total. The van der Waals surface area contributed by atoms with Crippen LogP contribution in [0.2, 0.25) is 0 Å². The largest absolute Gasteiger partial charge is 0.434 e. The molecule has 0 aromatic heterocycles. The Kier molecular flexibility index (Phi) is 7.52. The average molecular weight is 318 g/mol. The van der Waals surface area contributed by atoms with Crippen molar-refractivity contribution in [3.8, 4) is 5.75 Å². The molecule has 1 aromatic rings. The Labute approximate surface area is 125 Å². The molecule has 0 heterocycles. The molecule has 0 aliphatic rings. The topological polar surface area (TPSA) is 81.4 Å². The fourth-order valence-corrected chi connectivity index (χ4v) is 2.16. The summed E-state index contributed by atoms with van der Waals surface area (Å²) in [4.78, 5) is 22.1. The molecule has 0 radical (unpaired) electrons. The van der Waals surface area contributed by atoms with Crippen molar-refractivity contribution >= 4 is 23.6 Å². The number of ether oxygens (including phenoxy) is 1. The van der Waals surface area contributed by atoms with Crippen LogP contribution in [0.25, 0.3) is 0 Å². The summed E-state index contributed by atoms with van der Waals surface area (Å²) in [6.45, 7) is -2.81. The lowest BCUT2D eigenvalue weighted by Gasteiger charge is -2.11. The molecule has 8 heteroatoms. The molecule has 0 saturated carbocycles. The number of carbonyl (C=O) groups excluding carboxylic acids is 2. The lowest BCUT2D eigenvalue weighted by atomic mass is 10.2. The van der Waals surface area contributed by atoms with E-state index >= 15 is 0 Å². The van der Waals surface area contributed by atoms with Crippen molar-refractivity contribution in [2.24, 2.45) is 5.73 Å². The fraction of sp³-hybridized carbons (Fsp3) is 0.385. The van der Waals surface area contributed by atoms with Gasteiger partial charge in [-0.05, 0) is 6.07 Å². The lowest BCUT2D eigenvalue weighted by Crippen LogP contribution is -2.24. The normalized spacial score (nSPS) is 10.4. The monoisotopic (exact) mass is 318 g/mol. The Morgan fingerprint density at radius 1 is 1.33 bits per heavy atom. The molecule has 0 saturated heterocycles. The maximum absolute atomic E-state index is 12.2. The van der Waals surface area contributed by atoms with Crippen LogP contribution in [0.1, 0.15) is 12.0 Å². The molecule has 3 N–H and O–H groups in total. The van der Waals surface area contributed by atoms with Crippen molar-refractivity contribution in [3.05, 3.63) is 29.8 Å². The van der Waals surface area contributed by atoms with Crippen LogP contribution in [0.4, 0.5) is 8.78 Å². The Morgan fingerprint density at radius 3 is 2.71 bits per heavy atom. The lowest BCUT2D eigenvalue weighted by molar-refractivity contribution is -0.121. The number of hydrogen-bond donors (Lipinski definition) is 2. The van der Waals surface area contributed by atoms with Crippen molar-refractivity contribution in [1.82, 2.24) is 5.32 Å². The minimum atomic E-state index is -2.91. The van der Waals surface area contributed by atoms with Crippen LogP contribution in [0.15, 0.2) is 24.3 Å². The Bertz CT molecular complexity index is 486. The number of nitrogens with one attached hydrogen (secondary N) is 1. The molecule has 0 spiro atoms. The van der Waals surface area contributed by atoms with E-state index in [4.69, 9.17) is 5.73 Å². The predicted molar refractivity (Wildman–Crippen MR) is 76.1 cm³/mol. The number of rotatable bonds is 9. The molecular weight excluding hydrogens is 302 g/mol. The van der Waals surface area contributed by atoms with Crippen LogP contribution in [0.3, 0.4) is 0 Å². The number of benzene rings is 1. The zero-order chi connectivity index (χ0) is 15.7. The van der Waals surface area contributed by atoms with E-state index in [-0.39, 0.29) is 30.4 Å². The van der Waals surface area contributed by atoms with Gasteiger partial charge in [-0.25, -0.2) is 0 Å². The third-order valence-corrected chi connectivity index (χ3v) is 3.36. The van der Waals surface area contributed by atoms with Gasteiger partial charge in [0.2, 0.25) is 11.8 Å². The van der Waals surface area contributed by atoms with E-state index in [1.54, 1.807) is 18.2 Å². The quantitative estimate of drug-likeness (QED) is 0.676. The molecule has 0 fully saturated rings. The first-order chi connectivity index (χ1) is 9.99. The smallest absolute Gasteiger partial charge is 0.387 e. The van der Waals surface area contributed by atoms with Gasteiger partial charge in [0.1, 0.15) is 5.75 Å². The highest BCUT2D eigenvalue weighted by Crippen LogP contribution is 2.19. The van der Waals surface area contributed by atoms with Gasteiger partial charge in [0.15, 0.2) is 0 Å². The summed E-state index contributed by atoms with van der Waals surface area (Å²) >= 11 is 1.26. The van der Waals surface area contributed by atoms with Gasteiger partial charge in [0.25, 0.3) is 0 Å². The van der Waals surface area contributed by atoms with Crippen LogP contribution >= 0.6 is 11.8 Å². The van der Waals surface area contributed by atoms with Gasteiger partial charge in [-0.2, -0.15) is 20.5 Å². The fourth-order valence-electron chi connectivity index (χ4n) is 1.48. The summed E-state index contributed by atoms with van der Waals surface area (Å²) in [7, 11) is 0. The van der Waals surface area contributed by atoms with Crippen molar-refractivity contribution in [1.29, 1.82) is 0 Å². The maximum atomic E-state index is 12.2. The second-order valence-electron chi connectivity index (χ2n) is 4.03. The molecule has 0 bridgehead atoms. The molecule has 2 amide bonds. The predicted octanol–water partition coefficient (Wildman–Crippen LogP) is 1.51. The summed E-state index contributed by atoms with van der Waals surface area (Å²) in [6.07, 6.45) is 0.218. The second kappa shape index (κ2) is 9.17. The Hall–Kier alpha value is -1.83. The van der Waals surface area contributed by atoms with E-state index in [0.717, 1.165) is 0 Å². The number of primary amides is 1. The van der Waals surface area contributed by atoms with Gasteiger partial charge >= 0.3 is 6.61 Å². The molecule has 116 valence electrons. The number of para-hydroxylation sites is 1. The van der Waals surface area contributed by atoms with Crippen LogP contribution in [0.5, 0.6) is 5.75 Å². The molecule has 0 aliphatic heterocycles. The van der Waals surface area contributed by atoms with Crippen LogP contribution in [0, 0.1) is 0 Å². The third kappa shape index (κ3) is 7.50. The number of alkyl halides is 2. The number of nitrogens with two attached hydrogens (primary N) is 1. The van der Waals surface area contributed by atoms with E-state index in [1.165, 1.54) is 17.8 Å². The summed E-state index contributed by atoms with van der Waals surface area (Å²) < 4.78 is 28.8. The Morgan fingerprint density at radius 2 is 2.05 bits per heavy atom. The van der Waals surface area contributed by atoms with Gasteiger partial charge < -0.3 is 15.8 Å².